The Balaban J connectivity index is 2.08. The first-order valence-electron chi connectivity index (χ1n) is 7.94. The molecule has 0 aliphatic heterocycles. The second-order valence-electron chi connectivity index (χ2n) is 5.73. The van der Waals surface area contributed by atoms with Crippen LogP contribution in [-0.2, 0) is 11.9 Å². The van der Waals surface area contributed by atoms with Crippen LogP contribution in [0.25, 0.3) is 11.3 Å². The zero-order chi connectivity index (χ0) is 20.3. The summed E-state index contributed by atoms with van der Waals surface area (Å²) in [5.74, 6) is -1.04. The molecule has 0 spiro atoms. The molecule has 0 bridgehead atoms. The van der Waals surface area contributed by atoms with E-state index in [1.165, 1.54) is 30.3 Å². The topological polar surface area (TPSA) is 36.7 Å². The van der Waals surface area contributed by atoms with Gasteiger partial charge in [-0.3, -0.25) is 0 Å². The van der Waals surface area contributed by atoms with Gasteiger partial charge in [0.15, 0.2) is 0 Å². The number of aromatic nitrogens is 1. The smallest absolute Gasteiger partial charge is 0.240 e. The van der Waals surface area contributed by atoms with Gasteiger partial charge in [-0.2, -0.15) is 18.4 Å². The van der Waals surface area contributed by atoms with E-state index in [1.54, 1.807) is 12.1 Å². The van der Waals surface area contributed by atoms with E-state index in [2.05, 4.69) is 4.98 Å². The summed E-state index contributed by atoms with van der Waals surface area (Å²) < 4.78 is 67.4. The second kappa shape index (κ2) is 7.98. The summed E-state index contributed by atoms with van der Waals surface area (Å²) in [5.41, 5.74) is -1.27. The van der Waals surface area contributed by atoms with Crippen molar-refractivity contribution >= 4 is 11.8 Å². The predicted molar refractivity (Wildman–Crippen MR) is 95.3 cm³/mol. The lowest BCUT2D eigenvalue weighted by molar-refractivity contribution is -0.138. The Bertz CT molecular complexity index is 1040. The summed E-state index contributed by atoms with van der Waals surface area (Å²) in [6.07, 6.45) is -4.78. The van der Waals surface area contributed by atoms with Crippen LogP contribution in [0, 0.1) is 23.0 Å². The molecule has 142 valence electrons. The summed E-state index contributed by atoms with van der Waals surface area (Å²) in [6, 6.07) is 13.0. The van der Waals surface area contributed by atoms with Crippen molar-refractivity contribution in [3.8, 4) is 17.3 Å². The molecule has 0 saturated heterocycles. The van der Waals surface area contributed by atoms with E-state index in [4.69, 9.17) is 0 Å². The zero-order valence-corrected chi connectivity index (χ0v) is 14.9. The van der Waals surface area contributed by atoms with Crippen LogP contribution in [0.4, 0.5) is 22.0 Å². The second-order valence-corrected chi connectivity index (χ2v) is 6.70. The molecule has 3 aromatic rings. The number of hydrogen-bond acceptors (Lipinski definition) is 3. The molecule has 2 aromatic carbocycles. The molecule has 0 unspecified atom stereocenters. The third-order valence-electron chi connectivity index (χ3n) is 3.87. The molecule has 0 saturated carbocycles. The number of nitriles is 1. The largest absolute Gasteiger partial charge is 0.417 e. The van der Waals surface area contributed by atoms with Crippen molar-refractivity contribution in [1.82, 2.24) is 4.98 Å². The van der Waals surface area contributed by atoms with Crippen molar-refractivity contribution in [3.05, 3.63) is 82.9 Å². The maximum atomic E-state index is 13.8. The van der Waals surface area contributed by atoms with Gasteiger partial charge in [-0.05, 0) is 42.0 Å². The molecule has 1 heterocycles. The molecular weight excluding hydrogens is 395 g/mol. The van der Waals surface area contributed by atoms with Crippen LogP contribution in [0.5, 0.6) is 0 Å². The van der Waals surface area contributed by atoms with Crippen LogP contribution in [0.3, 0.4) is 0 Å². The first-order valence-corrected chi connectivity index (χ1v) is 8.92. The lowest BCUT2D eigenvalue weighted by Gasteiger charge is -2.14. The highest BCUT2D eigenvalue weighted by atomic mass is 32.2. The van der Waals surface area contributed by atoms with Gasteiger partial charge in [-0.15, -0.1) is 11.8 Å². The average molecular weight is 406 g/mol. The minimum Gasteiger partial charge on any atom is -0.240 e. The van der Waals surface area contributed by atoms with E-state index in [0.717, 1.165) is 30.0 Å². The number of hydrogen-bond donors (Lipinski definition) is 0. The van der Waals surface area contributed by atoms with Crippen molar-refractivity contribution < 1.29 is 22.0 Å². The molecule has 1 aromatic heterocycles. The normalized spacial score (nSPS) is 11.3. The van der Waals surface area contributed by atoms with Gasteiger partial charge >= 0.3 is 6.18 Å². The molecule has 0 aliphatic carbocycles. The number of benzene rings is 2. The summed E-state index contributed by atoms with van der Waals surface area (Å²) in [4.78, 5) is 4.16. The van der Waals surface area contributed by atoms with Gasteiger partial charge < -0.3 is 0 Å². The predicted octanol–water partition coefficient (Wildman–Crippen LogP) is 6.21. The summed E-state index contributed by atoms with van der Waals surface area (Å²) in [6.45, 7) is 0. The van der Waals surface area contributed by atoms with E-state index in [0.29, 0.717) is 0 Å². The Morgan fingerprint density at radius 2 is 1.68 bits per heavy atom. The molecule has 0 radical (unpaired) electrons. The molecule has 0 atom stereocenters. The summed E-state index contributed by atoms with van der Waals surface area (Å²) >= 11 is 0.833. The Kier molecular flexibility index (Phi) is 5.66. The van der Waals surface area contributed by atoms with Gasteiger partial charge in [0.1, 0.15) is 22.7 Å². The molecular formula is C20H11F5N2S. The van der Waals surface area contributed by atoms with E-state index in [1.807, 2.05) is 0 Å². The fraction of sp³-hybridized carbons (Fsp3) is 0.100. The van der Waals surface area contributed by atoms with Gasteiger partial charge in [-0.25, -0.2) is 13.8 Å². The molecule has 0 N–H and O–H groups in total. The van der Waals surface area contributed by atoms with E-state index in [9.17, 15) is 27.2 Å². The lowest BCUT2D eigenvalue weighted by Crippen LogP contribution is -2.10. The first kappa shape index (κ1) is 19.8. The highest BCUT2D eigenvalue weighted by molar-refractivity contribution is 7.98. The van der Waals surface area contributed by atoms with Crippen LogP contribution in [-0.4, -0.2) is 4.98 Å². The van der Waals surface area contributed by atoms with Crippen LogP contribution in [0.1, 0.15) is 16.7 Å². The highest BCUT2D eigenvalue weighted by Gasteiger charge is 2.36. The number of pyridine rings is 1. The number of rotatable bonds is 4. The number of nitrogens with zero attached hydrogens (tertiary/aromatic N) is 2. The monoisotopic (exact) mass is 406 g/mol. The van der Waals surface area contributed by atoms with Crippen LogP contribution in [0.2, 0.25) is 0 Å². The zero-order valence-electron chi connectivity index (χ0n) is 14.1. The van der Waals surface area contributed by atoms with Crippen molar-refractivity contribution in [2.75, 3.05) is 0 Å². The van der Waals surface area contributed by atoms with Gasteiger partial charge in [0.25, 0.3) is 0 Å². The lowest BCUT2D eigenvalue weighted by atomic mass is 10.1. The van der Waals surface area contributed by atoms with E-state index in [-0.39, 0.29) is 27.6 Å². The Labute approximate surface area is 161 Å². The minimum absolute atomic E-state index is 0.00147. The standard InChI is InChI=1S/C20H11F5N2S/c21-14-7-5-12(6-8-14)18-9-16(20(23,24)25)15(10-26)19(27-18)28-11-13-3-1-2-4-17(13)22/h1-9H,11H2. The molecule has 2 nitrogen and oxygen atoms in total. The molecule has 8 heteroatoms. The molecule has 0 fully saturated rings. The quantitative estimate of drug-likeness (QED) is 0.382. The number of halogens is 5. The van der Waals surface area contributed by atoms with Gasteiger partial charge in [-0.1, -0.05) is 18.2 Å². The summed E-state index contributed by atoms with van der Waals surface area (Å²) in [5, 5.41) is 9.12. The summed E-state index contributed by atoms with van der Waals surface area (Å²) in [7, 11) is 0. The molecule has 0 amide bonds. The van der Waals surface area contributed by atoms with Crippen molar-refractivity contribution in [2.24, 2.45) is 0 Å². The SMILES string of the molecule is N#Cc1c(C(F)(F)F)cc(-c2ccc(F)cc2)nc1SCc1ccccc1F. The van der Waals surface area contributed by atoms with Crippen LogP contribution < -0.4 is 0 Å². The first-order chi connectivity index (χ1) is 13.3. The maximum Gasteiger partial charge on any atom is 0.417 e. The van der Waals surface area contributed by atoms with E-state index < -0.39 is 28.9 Å². The van der Waals surface area contributed by atoms with Crippen LogP contribution >= 0.6 is 11.8 Å². The molecule has 0 aliphatic rings. The van der Waals surface area contributed by atoms with Crippen LogP contribution in [0.15, 0.2) is 59.6 Å². The number of thioether (sulfide) groups is 1. The Hall–Kier alpha value is -2.92. The Morgan fingerprint density at radius 1 is 1.00 bits per heavy atom. The maximum absolute atomic E-state index is 13.8. The molecule has 28 heavy (non-hydrogen) atoms. The highest BCUT2D eigenvalue weighted by Crippen LogP contribution is 2.38. The van der Waals surface area contributed by atoms with Crippen molar-refractivity contribution in [3.63, 3.8) is 0 Å². The molecule has 3 rings (SSSR count). The van der Waals surface area contributed by atoms with E-state index >= 15 is 0 Å². The fourth-order valence-corrected chi connectivity index (χ4v) is 3.48. The van der Waals surface area contributed by atoms with Gasteiger partial charge in [0.05, 0.1) is 16.8 Å². The van der Waals surface area contributed by atoms with Gasteiger partial charge in [0, 0.05) is 11.3 Å². The fourth-order valence-electron chi connectivity index (χ4n) is 2.49. The minimum atomic E-state index is -4.78. The Morgan fingerprint density at radius 3 is 2.29 bits per heavy atom. The van der Waals surface area contributed by atoms with Gasteiger partial charge in [0.2, 0.25) is 0 Å². The number of alkyl halides is 3. The van der Waals surface area contributed by atoms with Crippen molar-refractivity contribution in [2.45, 2.75) is 17.0 Å². The third kappa shape index (κ3) is 4.31. The van der Waals surface area contributed by atoms with Crippen molar-refractivity contribution in [1.29, 1.82) is 5.26 Å². The third-order valence-corrected chi connectivity index (χ3v) is 4.89. The average Bonchev–Trinajstić information content (AvgIpc) is 2.66.